The van der Waals surface area contributed by atoms with Crippen LogP contribution >= 0.6 is 11.3 Å². The highest BCUT2D eigenvalue weighted by molar-refractivity contribution is 7.94. The minimum Gasteiger partial charge on any atom is -0.382 e. The first kappa shape index (κ1) is 20.7. The van der Waals surface area contributed by atoms with Crippen molar-refractivity contribution in [3.63, 3.8) is 0 Å². The van der Waals surface area contributed by atoms with Crippen LogP contribution in [-0.4, -0.2) is 67.7 Å². The summed E-state index contributed by atoms with van der Waals surface area (Å²) in [6.45, 7) is 3.93. The van der Waals surface area contributed by atoms with E-state index in [1.165, 1.54) is 10.4 Å². The van der Waals surface area contributed by atoms with Crippen molar-refractivity contribution in [2.45, 2.75) is 21.4 Å². The molecule has 1 aromatic rings. The predicted molar refractivity (Wildman–Crippen MR) is 93.6 cm³/mol. The fraction of sp³-hybridized carbons (Fsp3) is 0.692. The Balaban J connectivity index is 2.27. The van der Waals surface area contributed by atoms with Gasteiger partial charge in [0.15, 0.2) is 0 Å². The van der Waals surface area contributed by atoms with Crippen LogP contribution in [0.3, 0.4) is 0 Å². The lowest BCUT2D eigenvalue weighted by Gasteiger charge is -2.32. The second-order valence-electron chi connectivity index (χ2n) is 5.43. The van der Waals surface area contributed by atoms with E-state index in [4.69, 9.17) is 14.6 Å². The zero-order valence-electron chi connectivity index (χ0n) is 14.1. The highest BCUT2D eigenvalue weighted by Crippen LogP contribution is 2.39. The molecule has 0 saturated carbocycles. The third-order valence-corrected chi connectivity index (χ3v) is 8.65. The van der Waals surface area contributed by atoms with Crippen LogP contribution < -0.4 is 10.5 Å². The highest BCUT2D eigenvalue weighted by atomic mass is 32.3. The monoisotopic (exact) mass is 413 g/mol. The normalized spacial score (nSPS) is 20.5. The number of hydrogen-bond acceptors (Lipinski definition) is 8. The molecule has 1 aliphatic heterocycles. The van der Waals surface area contributed by atoms with Gasteiger partial charge in [-0.25, -0.2) is 22.0 Å². The second kappa shape index (κ2) is 8.39. The largest absolute Gasteiger partial charge is 0.382 e. The summed E-state index contributed by atoms with van der Waals surface area (Å²) in [6.07, 6.45) is 0. The molecule has 0 unspecified atom stereocenters. The van der Waals surface area contributed by atoms with Gasteiger partial charge in [0.05, 0.1) is 19.8 Å². The zero-order valence-corrected chi connectivity index (χ0v) is 16.5. The molecule has 1 atom stereocenters. The quantitative estimate of drug-likeness (QED) is 0.533. The Kier molecular flexibility index (Phi) is 6.95. The Hall–Kier alpha value is -0.600. The number of likely N-dealkylation sites (N-methyl/N-ethyl adjacent to an activating group) is 1. The van der Waals surface area contributed by atoms with Crippen molar-refractivity contribution in [3.8, 4) is 0 Å². The van der Waals surface area contributed by atoms with E-state index < -0.39 is 20.0 Å². The molecule has 1 aliphatic rings. The van der Waals surface area contributed by atoms with Gasteiger partial charge in [0.2, 0.25) is 10.0 Å². The van der Waals surface area contributed by atoms with Crippen LogP contribution in [0, 0.1) is 0 Å². The molecule has 0 amide bonds. The number of nitrogens with two attached hydrogens (primary N) is 1. The Morgan fingerprint density at radius 2 is 2.12 bits per heavy atom. The number of thiophene rings is 1. The minimum absolute atomic E-state index is 0.0191. The molecule has 25 heavy (non-hydrogen) atoms. The van der Waals surface area contributed by atoms with Crippen molar-refractivity contribution in [3.05, 3.63) is 11.6 Å². The van der Waals surface area contributed by atoms with Crippen molar-refractivity contribution in [2.75, 3.05) is 46.6 Å². The molecular weight excluding hydrogens is 390 g/mol. The molecule has 0 fully saturated rings. The fourth-order valence-electron chi connectivity index (χ4n) is 2.51. The lowest BCUT2D eigenvalue weighted by molar-refractivity contribution is 0.0649. The summed E-state index contributed by atoms with van der Waals surface area (Å²) < 4.78 is 60.2. The van der Waals surface area contributed by atoms with Gasteiger partial charge in [-0.3, -0.25) is 0 Å². The first-order valence-electron chi connectivity index (χ1n) is 7.68. The number of nitrogens with one attached hydrogen (secondary N) is 1. The average molecular weight is 414 g/mol. The summed E-state index contributed by atoms with van der Waals surface area (Å²) in [6, 6.07) is 1.06. The molecule has 1 aromatic heterocycles. The summed E-state index contributed by atoms with van der Waals surface area (Å²) in [5.41, 5.74) is 0.451. The zero-order chi connectivity index (χ0) is 18.7. The topological polar surface area (TPSA) is 128 Å². The maximum absolute atomic E-state index is 12.8. The van der Waals surface area contributed by atoms with Gasteiger partial charge in [-0.05, 0) is 12.6 Å². The summed E-state index contributed by atoms with van der Waals surface area (Å²) >= 11 is 0.687. The van der Waals surface area contributed by atoms with Crippen LogP contribution in [-0.2, 0) is 29.5 Å². The number of ether oxygens (including phenoxy) is 2. The minimum atomic E-state index is -3.96. The van der Waals surface area contributed by atoms with Crippen molar-refractivity contribution in [2.24, 2.45) is 5.14 Å². The molecule has 2 rings (SSSR count). The van der Waals surface area contributed by atoms with E-state index in [0.29, 0.717) is 36.7 Å². The van der Waals surface area contributed by atoms with Crippen LogP contribution in [0.15, 0.2) is 14.5 Å². The number of sulfonamides is 2. The number of rotatable bonds is 9. The van der Waals surface area contributed by atoms with Gasteiger partial charge in [-0.15, -0.1) is 11.3 Å². The Bertz CT molecular complexity index is 790. The number of hydrogen-bond donors (Lipinski definition) is 2. The van der Waals surface area contributed by atoms with Gasteiger partial charge in [0.25, 0.3) is 10.0 Å². The van der Waals surface area contributed by atoms with E-state index in [-0.39, 0.29) is 34.2 Å². The van der Waals surface area contributed by atoms with E-state index in [2.05, 4.69) is 5.32 Å². The highest BCUT2D eigenvalue weighted by Gasteiger charge is 2.39. The first-order valence-corrected chi connectivity index (χ1v) is 11.5. The molecule has 0 saturated heterocycles. The predicted octanol–water partition coefficient (Wildman–Crippen LogP) is -0.287. The van der Waals surface area contributed by atoms with Crippen LogP contribution in [0.1, 0.15) is 18.5 Å². The lowest BCUT2D eigenvalue weighted by Crippen LogP contribution is -2.44. The fourth-order valence-corrected chi connectivity index (χ4v) is 6.76. The molecule has 0 aromatic carbocycles. The molecule has 2 heterocycles. The standard InChI is InChI=1S/C13H23N3O6S3/c1-3-15-11-9-16(4-5-22-7-6-21-2)25(19,20)13-10(11)8-12(23-13)24(14,17)18/h8,11,15H,3-7,9H2,1-2H3,(H2,14,17,18)/t11-/m0/s1. The molecule has 12 heteroatoms. The van der Waals surface area contributed by atoms with E-state index in [1.807, 2.05) is 6.92 Å². The van der Waals surface area contributed by atoms with Crippen molar-refractivity contribution >= 4 is 31.4 Å². The molecule has 0 radical (unpaired) electrons. The molecule has 144 valence electrons. The maximum Gasteiger partial charge on any atom is 0.253 e. The smallest absolute Gasteiger partial charge is 0.253 e. The van der Waals surface area contributed by atoms with Crippen LogP contribution in [0.2, 0.25) is 0 Å². The molecule has 0 spiro atoms. The van der Waals surface area contributed by atoms with E-state index >= 15 is 0 Å². The summed E-state index contributed by atoms with van der Waals surface area (Å²) in [7, 11) is -6.19. The van der Waals surface area contributed by atoms with Gasteiger partial charge in [0, 0.05) is 31.8 Å². The van der Waals surface area contributed by atoms with E-state index in [1.54, 1.807) is 7.11 Å². The van der Waals surface area contributed by atoms with Crippen molar-refractivity contribution in [1.29, 1.82) is 0 Å². The van der Waals surface area contributed by atoms with Crippen molar-refractivity contribution in [1.82, 2.24) is 9.62 Å². The molecular formula is C13H23N3O6S3. The second-order valence-corrected chi connectivity index (χ2v) is 10.4. The SMILES string of the molecule is CCN[C@H]1CN(CCOCCOC)S(=O)(=O)c2sc(S(N)(=O)=O)cc21. The number of methoxy groups -OCH3 is 1. The third kappa shape index (κ3) is 4.77. The maximum atomic E-state index is 12.8. The average Bonchev–Trinajstić information content (AvgIpc) is 2.98. The van der Waals surface area contributed by atoms with E-state index in [0.717, 1.165) is 0 Å². The third-order valence-electron chi connectivity index (χ3n) is 3.69. The van der Waals surface area contributed by atoms with Crippen LogP contribution in [0.5, 0.6) is 0 Å². The van der Waals surface area contributed by atoms with Gasteiger partial charge in [0.1, 0.15) is 8.42 Å². The number of primary sulfonamides is 1. The Morgan fingerprint density at radius 1 is 1.40 bits per heavy atom. The molecule has 3 N–H and O–H groups in total. The van der Waals surface area contributed by atoms with Gasteiger partial charge in [-0.2, -0.15) is 4.31 Å². The van der Waals surface area contributed by atoms with Crippen molar-refractivity contribution < 1.29 is 26.3 Å². The summed E-state index contributed by atoms with van der Waals surface area (Å²) in [5, 5.41) is 8.35. The van der Waals surface area contributed by atoms with Gasteiger partial charge < -0.3 is 14.8 Å². The molecule has 0 aliphatic carbocycles. The summed E-state index contributed by atoms with van der Waals surface area (Å²) in [5.74, 6) is 0. The lowest BCUT2D eigenvalue weighted by atomic mass is 10.1. The Morgan fingerprint density at radius 3 is 2.72 bits per heavy atom. The number of nitrogens with zero attached hydrogens (tertiary/aromatic N) is 1. The summed E-state index contributed by atoms with van der Waals surface area (Å²) in [4.78, 5) is 0. The Labute approximate surface area is 152 Å². The van der Waals surface area contributed by atoms with Crippen LogP contribution in [0.25, 0.3) is 0 Å². The number of fused-ring (bicyclic) bond motifs is 1. The van der Waals surface area contributed by atoms with E-state index in [9.17, 15) is 16.8 Å². The van der Waals surface area contributed by atoms with Gasteiger partial charge >= 0.3 is 0 Å². The van der Waals surface area contributed by atoms with Gasteiger partial charge in [-0.1, -0.05) is 6.92 Å². The molecule has 0 bridgehead atoms. The van der Waals surface area contributed by atoms with Crippen LogP contribution in [0.4, 0.5) is 0 Å². The molecule has 9 nitrogen and oxygen atoms in total. The first-order chi connectivity index (χ1) is 11.7.